The lowest BCUT2D eigenvalue weighted by Gasteiger charge is -2.05. The summed E-state index contributed by atoms with van der Waals surface area (Å²) in [7, 11) is 0. The average molecular weight is 354 g/mol. The second-order valence-corrected chi connectivity index (χ2v) is 5.47. The molecule has 0 amide bonds. The molecule has 1 heterocycles. The van der Waals surface area contributed by atoms with Gasteiger partial charge in [-0.3, -0.25) is 10.1 Å². The number of benzene rings is 2. The molecule has 0 radical (unpaired) electrons. The predicted octanol–water partition coefficient (Wildman–Crippen LogP) is 4.57. The molecule has 1 N–H and O–H groups in total. The summed E-state index contributed by atoms with van der Waals surface area (Å²) in [6.07, 6.45) is 0. The van der Waals surface area contributed by atoms with Crippen molar-refractivity contribution in [1.82, 2.24) is 4.98 Å². The SMILES string of the molecule is CCOC(=O)c1cc(-c2ccc(F)cc2)[nH]c1-c1ccccc1[N+](=O)[O-]. The predicted molar refractivity (Wildman–Crippen MR) is 94.2 cm³/mol. The number of nitrogens with zero attached hydrogens (tertiary/aromatic N) is 1. The fourth-order valence-electron chi connectivity index (χ4n) is 2.67. The maximum Gasteiger partial charge on any atom is 0.340 e. The fraction of sp³-hybridized carbons (Fsp3) is 0.105. The smallest absolute Gasteiger partial charge is 0.340 e. The molecule has 0 spiro atoms. The summed E-state index contributed by atoms with van der Waals surface area (Å²) >= 11 is 0. The Morgan fingerprint density at radius 2 is 1.88 bits per heavy atom. The van der Waals surface area contributed by atoms with Crippen LogP contribution in [0.15, 0.2) is 54.6 Å². The van der Waals surface area contributed by atoms with Gasteiger partial charge >= 0.3 is 5.97 Å². The van der Waals surface area contributed by atoms with Crippen LogP contribution in [0.5, 0.6) is 0 Å². The van der Waals surface area contributed by atoms with Crippen LogP contribution in [0.2, 0.25) is 0 Å². The third kappa shape index (κ3) is 3.32. The molecule has 3 aromatic rings. The van der Waals surface area contributed by atoms with Crippen molar-refractivity contribution in [2.24, 2.45) is 0 Å². The van der Waals surface area contributed by atoms with Crippen molar-refractivity contribution in [3.63, 3.8) is 0 Å². The number of ether oxygens (including phenoxy) is 1. The fourth-order valence-corrected chi connectivity index (χ4v) is 2.67. The zero-order valence-corrected chi connectivity index (χ0v) is 13.9. The molecular weight excluding hydrogens is 339 g/mol. The summed E-state index contributed by atoms with van der Waals surface area (Å²) in [6, 6.07) is 13.4. The number of rotatable bonds is 5. The molecule has 0 saturated carbocycles. The molecule has 0 bridgehead atoms. The van der Waals surface area contributed by atoms with Gasteiger partial charge in [-0.2, -0.15) is 0 Å². The molecule has 1 aromatic heterocycles. The van der Waals surface area contributed by atoms with Crippen LogP contribution in [-0.4, -0.2) is 22.5 Å². The van der Waals surface area contributed by atoms with Crippen LogP contribution in [0.1, 0.15) is 17.3 Å². The van der Waals surface area contributed by atoms with E-state index in [4.69, 9.17) is 4.74 Å². The van der Waals surface area contributed by atoms with E-state index in [1.807, 2.05) is 0 Å². The van der Waals surface area contributed by atoms with Crippen LogP contribution in [0, 0.1) is 15.9 Å². The van der Waals surface area contributed by atoms with E-state index in [0.29, 0.717) is 11.3 Å². The molecule has 0 unspecified atom stereocenters. The van der Waals surface area contributed by atoms with Gasteiger partial charge < -0.3 is 9.72 Å². The number of nitro benzene ring substituents is 1. The molecule has 6 nitrogen and oxygen atoms in total. The molecule has 7 heteroatoms. The summed E-state index contributed by atoms with van der Waals surface area (Å²) in [5, 5.41) is 11.4. The third-order valence-electron chi connectivity index (χ3n) is 3.84. The van der Waals surface area contributed by atoms with E-state index in [1.165, 1.54) is 18.2 Å². The van der Waals surface area contributed by atoms with Crippen molar-refractivity contribution in [2.75, 3.05) is 6.61 Å². The van der Waals surface area contributed by atoms with E-state index in [9.17, 15) is 19.3 Å². The lowest BCUT2D eigenvalue weighted by Crippen LogP contribution is -2.05. The van der Waals surface area contributed by atoms with Gasteiger partial charge in [0, 0.05) is 11.8 Å². The molecule has 0 saturated heterocycles. The Morgan fingerprint density at radius 1 is 1.19 bits per heavy atom. The second-order valence-electron chi connectivity index (χ2n) is 5.47. The topological polar surface area (TPSA) is 85.2 Å². The highest BCUT2D eigenvalue weighted by Crippen LogP contribution is 2.34. The maximum absolute atomic E-state index is 13.2. The highest BCUT2D eigenvalue weighted by molar-refractivity contribution is 5.99. The number of nitro groups is 1. The molecule has 0 fully saturated rings. The first-order chi connectivity index (χ1) is 12.5. The van der Waals surface area contributed by atoms with Gasteiger partial charge in [-0.15, -0.1) is 0 Å². The van der Waals surface area contributed by atoms with Crippen molar-refractivity contribution in [3.05, 3.63) is 76.1 Å². The summed E-state index contributed by atoms with van der Waals surface area (Å²) in [4.78, 5) is 26.2. The molecular formula is C19H15FN2O4. The monoisotopic (exact) mass is 354 g/mol. The summed E-state index contributed by atoms with van der Waals surface area (Å²) in [5.41, 5.74) is 1.78. The summed E-state index contributed by atoms with van der Waals surface area (Å²) in [5.74, 6) is -0.977. The molecule has 0 aliphatic rings. The first kappa shape index (κ1) is 17.3. The summed E-state index contributed by atoms with van der Waals surface area (Å²) in [6.45, 7) is 1.85. The van der Waals surface area contributed by atoms with E-state index in [-0.39, 0.29) is 34.9 Å². The average Bonchev–Trinajstić information content (AvgIpc) is 3.08. The van der Waals surface area contributed by atoms with Crippen molar-refractivity contribution in [1.29, 1.82) is 0 Å². The molecule has 3 rings (SSSR count). The maximum atomic E-state index is 13.2. The highest BCUT2D eigenvalue weighted by Gasteiger charge is 2.24. The number of carbonyl (C=O) groups is 1. The van der Waals surface area contributed by atoms with Gasteiger partial charge in [0.15, 0.2) is 0 Å². The minimum absolute atomic E-state index is 0.134. The normalized spacial score (nSPS) is 10.5. The standard InChI is InChI=1S/C19H15FN2O4/c1-2-26-19(23)15-11-16(12-7-9-13(20)10-8-12)21-18(15)14-5-3-4-6-17(14)22(24)25/h3-11,21H,2H2,1H3. The van der Waals surface area contributed by atoms with Crippen LogP contribution in [0.3, 0.4) is 0 Å². The lowest BCUT2D eigenvalue weighted by atomic mass is 10.1. The first-order valence-electron chi connectivity index (χ1n) is 7.91. The number of hydrogen-bond donors (Lipinski definition) is 1. The van der Waals surface area contributed by atoms with E-state index < -0.39 is 10.9 Å². The second kappa shape index (κ2) is 7.18. The van der Waals surface area contributed by atoms with Crippen LogP contribution in [0.25, 0.3) is 22.5 Å². The Labute approximate surface area is 148 Å². The molecule has 0 atom stereocenters. The number of hydrogen-bond acceptors (Lipinski definition) is 4. The van der Waals surface area contributed by atoms with E-state index >= 15 is 0 Å². The Kier molecular flexibility index (Phi) is 4.79. The van der Waals surface area contributed by atoms with Gasteiger partial charge in [-0.1, -0.05) is 12.1 Å². The minimum atomic E-state index is -0.592. The zero-order valence-electron chi connectivity index (χ0n) is 13.9. The van der Waals surface area contributed by atoms with Crippen molar-refractivity contribution >= 4 is 11.7 Å². The Morgan fingerprint density at radius 3 is 2.54 bits per heavy atom. The molecule has 26 heavy (non-hydrogen) atoms. The van der Waals surface area contributed by atoms with Crippen LogP contribution < -0.4 is 0 Å². The number of esters is 1. The Balaban J connectivity index is 2.19. The molecule has 132 valence electrons. The molecule has 0 aliphatic heterocycles. The molecule has 0 aliphatic carbocycles. The van der Waals surface area contributed by atoms with Gasteiger partial charge in [0.2, 0.25) is 0 Å². The van der Waals surface area contributed by atoms with Gasteiger partial charge in [0.05, 0.1) is 28.4 Å². The van der Waals surface area contributed by atoms with Gasteiger partial charge in [0.1, 0.15) is 5.82 Å². The molecule has 2 aromatic carbocycles. The van der Waals surface area contributed by atoms with Crippen LogP contribution in [0.4, 0.5) is 10.1 Å². The van der Waals surface area contributed by atoms with E-state index in [0.717, 1.165) is 0 Å². The number of halogens is 1. The van der Waals surface area contributed by atoms with Gasteiger partial charge in [0.25, 0.3) is 5.69 Å². The van der Waals surface area contributed by atoms with Crippen molar-refractivity contribution in [3.8, 4) is 22.5 Å². The number of aromatic nitrogens is 1. The zero-order chi connectivity index (χ0) is 18.7. The third-order valence-corrected chi connectivity index (χ3v) is 3.84. The minimum Gasteiger partial charge on any atom is -0.462 e. The quantitative estimate of drug-likeness (QED) is 0.413. The van der Waals surface area contributed by atoms with Crippen LogP contribution >= 0.6 is 0 Å². The number of carbonyl (C=O) groups excluding carboxylic acids is 1. The lowest BCUT2D eigenvalue weighted by molar-refractivity contribution is -0.384. The largest absolute Gasteiger partial charge is 0.462 e. The number of H-pyrrole nitrogens is 1. The number of nitrogens with one attached hydrogen (secondary N) is 1. The van der Waals surface area contributed by atoms with Crippen LogP contribution in [-0.2, 0) is 4.74 Å². The summed E-state index contributed by atoms with van der Waals surface area (Å²) < 4.78 is 18.2. The van der Waals surface area contributed by atoms with Crippen molar-refractivity contribution < 1.29 is 18.8 Å². The van der Waals surface area contributed by atoms with E-state index in [2.05, 4.69) is 4.98 Å². The number of para-hydroxylation sites is 1. The Hall–Kier alpha value is -3.48. The first-order valence-corrected chi connectivity index (χ1v) is 7.91. The highest BCUT2D eigenvalue weighted by atomic mass is 19.1. The Bertz CT molecular complexity index is 964. The van der Waals surface area contributed by atoms with Crippen molar-refractivity contribution in [2.45, 2.75) is 6.92 Å². The van der Waals surface area contributed by atoms with Gasteiger partial charge in [-0.25, -0.2) is 9.18 Å². The number of aromatic amines is 1. The van der Waals surface area contributed by atoms with E-state index in [1.54, 1.807) is 43.3 Å². The van der Waals surface area contributed by atoms with Gasteiger partial charge in [-0.05, 0) is 48.9 Å².